The van der Waals surface area contributed by atoms with Crippen LogP contribution in [0, 0.1) is 0 Å². The Balaban J connectivity index is 1.65. The van der Waals surface area contributed by atoms with Gasteiger partial charge in [-0.25, -0.2) is 0 Å². The first-order valence-electron chi connectivity index (χ1n) is 11.3. The number of ketones is 1. The van der Waals surface area contributed by atoms with Crippen molar-refractivity contribution in [1.29, 1.82) is 0 Å². The fourth-order valence-electron chi connectivity index (χ4n) is 3.80. The molecule has 1 aliphatic carbocycles. The summed E-state index contributed by atoms with van der Waals surface area (Å²) in [4.78, 5) is 37.2. The van der Waals surface area contributed by atoms with E-state index in [1.807, 2.05) is 48.6 Å². The topological polar surface area (TPSA) is 69.7 Å². The quantitative estimate of drug-likeness (QED) is 0.151. The number of hydrogen-bond acceptors (Lipinski definition) is 5. The molecule has 1 heterocycles. The monoisotopic (exact) mass is 612 g/mol. The Bertz CT molecular complexity index is 1400. The van der Waals surface area contributed by atoms with Gasteiger partial charge >= 0.3 is 209 Å². The van der Waals surface area contributed by atoms with E-state index < -0.39 is 31.8 Å². The number of rotatable bonds is 8. The molecule has 0 N–H and O–H groups in total. The minimum atomic E-state index is -0.715. The van der Waals surface area contributed by atoms with Crippen LogP contribution in [0.15, 0.2) is 90.6 Å². The molecule has 1 aliphatic heterocycles. The summed E-state index contributed by atoms with van der Waals surface area (Å²) in [5, 5.41) is 1.53. The van der Waals surface area contributed by atoms with E-state index in [0.29, 0.717) is 21.3 Å². The predicted octanol–water partition coefficient (Wildman–Crippen LogP) is 2.42. The molecule has 2 aromatic carbocycles. The van der Waals surface area contributed by atoms with Gasteiger partial charge in [0.2, 0.25) is 0 Å². The number of fused-ring (bicyclic) bond motifs is 2. The number of carbonyl (C=O) groups is 3. The molecule has 2 aliphatic rings. The van der Waals surface area contributed by atoms with Crippen molar-refractivity contribution in [2.75, 3.05) is 4.61 Å². The van der Waals surface area contributed by atoms with Gasteiger partial charge in [-0.15, -0.1) is 0 Å². The maximum atomic E-state index is 13.5. The van der Waals surface area contributed by atoms with Crippen LogP contribution >= 0.6 is 5.19 Å². The normalized spacial score (nSPS) is 15.1. The number of benzene rings is 2. The molecule has 0 aromatic heterocycles. The van der Waals surface area contributed by atoms with Gasteiger partial charge in [0.15, 0.2) is 0 Å². The van der Waals surface area contributed by atoms with Crippen LogP contribution in [0.1, 0.15) is 36.2 Å². The number of hydrogen-bond donors (Lipinski definition) is 0. The van der Waals surface area contributed by atoms with Crippen LogP contribution in [0.3, 0.4) is 0 Å². The molecule has 0 bridgehead atoms. The average molecular weight is 612 g/mol. The van der Waals surface area contributed by atoms with Crippen LogP contribution < -0.4 is 26.0 Å². The van der Waals surface area contributed by atoms with E-state index >= 15 is 0 Å². The third-order valence-electron chi connectivity index (χ3n) is 5.64. The SMILES string of the molecule is C=C(C)C(=O)OC[I-][P+]1=C2CC=CC=C2C(=O)c2cc(-c3cccc(COC(=O)C(=C)C)c3)ccc21. The van der Waals surface area contributed by atoms with E-state index in [1.165, 1.54) is 5.29 Å². The molecule has 36 heavy (non-hydrogen) atoms. The van der Waals surface area contributed by atoms with Gasteiger partial charge in [0.25, 0.3) is 0 Å². The van der Waals surface area contributed by atoms with Crippen molar-refractivity contribution >= 4 is 33.5 Å². The summed E-state index contributed by atoms with van der Waals surface area (Å²) in [5.74, 6) is -0.752. The molecule has 0 saturated carbocycles. The Morgan fingerprint density at radius 2 is 1.72 bits per heavy atom. The molecule has 0 saturated heterocycles. The molecule has 184 valence electrons. The number of esters is 2. The second-order valence-corrected chi connectivity index (χ2v) is 15.9. The van der Waals surface area contributed by atoms with Gasteiger partial charge in [-0.3, -0.25) is 0 Å². The van der Waals surface area contributed by atoms with E-state index in [9.17, 15) is 14.4 Å². The zero-order chi connectivity index (χ0) is 25.8. The molecule has 0 spiro atoms. The third kappa shape index (κ3) is 5.66. The van der Waals surface area contributed by atoms with Gasteiger partial charge < -0.3 is 0 Å². The Kier molecular flexibility index (Phi) is 8.17. The van der Waals surface area contributed by atoms with E-state index in [2.05, 4.69) is 25.3 Å². The number of carbonyl (C=O) groups excluding carboxylic acids is 3. The molecule has 0 amide bonds. The molecule has 1 unspecified atom stereocenters. The van der Waals surface area contributed by atoms with E-state index in [-0.39, 0.29) is 18.4 Å². The summed E-state index contributed by atoms with van der Waals surface area (Å²) in [6.45, 7) is 10.7. The van der Waals surface area contributed by atoms with E-state index in [0.717, 1.165) is 34.0 Å². The standard InChI is InChI=1S/C29H26IO5P/c1-18(2)28(32)34-16-20-8-7-9-21(14-20)22-12-13-26-24(15-22)27(31)23-10-5-6-11-25(23)36(26)30-17-35-29(33)19(3)4/h5-10,12-15H,1,3,11,16-17H2,2,4H3. The zero-order valence-electron chi connectivity index (χ0n) is 20.2. The Labute approximate surface area is 221 Å². The summed E-state index contributed by atoms with van der Waals surface area (Å²) in [6.07, 6.45) is 6.68. The van der Waals surface area contributed by atoms with Crippen molar-refractivity contribution < 1.29 is 44.5 Å². The summed E-state index contributed by atoms with van der Waals surface area (Å²) in [6, 6.07) is 13.8. The van der Waals surface area contributed by atoms with Crippen LogP contribution in [-0.2, 0) is 25.7 Å². The van der Waals surface area contributed by atoms with Crippen LogP contribution in [0.5, 0.6) is 0 Å². The van der Waals surface area contributed by atoms with Gasteiger partial charge in [-0.05, 0) is 6.92 Å². The summed E-state index contributed by atoms with van der Waals surface area (Å²) in [5.41, 5.74) is 4.96. The zero-order valence-corrected chi connectivity index (χ0v) is 23.2. The second-order valence-electron chi connectivity index (χ2n) is 8.50. The Morgan fingerprint density at radius 3 is 2.47 bits per heavy atom. The van der Waals surface area contributed by atoms with Crippen molar-refractivity contribution in [1.82, 2.24) is 0 Å². The van der Waals surface area contributed by atoms with Crippen LogP contribution in [0.25, 0.3) is 11.1 Å². The fraction of sp³-hybridized carbons (Fsp3) is 0.172. The number of halogens is 1. The summed E-state index contributed by atoms with van der Waals surface area (Å²) in [7, 11) is 0. The molecule has 5 nitrogen and oxygen atoms in total. The molecule has 0 fully saturated rings. The summed E-state index contributed by atoms with van der Waals surface area (Å²) >= 11 is -0.536. The van der Waals surface area contributed by atoms with Crippen LogP contribution in [-0.4, -0.2) is 27.6 Å². The van der Waals surface area contributed by atoms with Gasteiger partial charge in [0.05, 0.1) is 0 Å². The van der Waals surface area contributed by atoms with Gasteiger partial charge in [0.1, 0.15) is 0 Å². The molecule has 1 atom stereocenters. The van der Waals surface area contributed by atoms with E-state index in [1.54, 1.807) is 13.8 Å². The number of alkyl halides is 1. The van der Waals surface area contributed by atoms with Gasteiger partial charge in [0, 0.05) is 0 Å². The van der Waals surface area contributed by atoms with E-state index in [4.69, 9.17) is 9.47 Å². The predicted molar refractivity (Wildman–Crippen MR) is 140 cm³/mol. The van der Waals surface area contributed by atoms with Crippen LogP contribution in [0.4, 0.5) is 0 Å². The first-order chi connectivity index (χ1) is 17.3. The first-order valence-corrected chi connectivity index (χ1v) is 17.0. The second kappa shape index (κ2) is 11.3. The fourth-order valence-corrected chi connectivity index (χ4v) is 12.3. The molecule has 0 radical (unpaired) electrons. The van der Waals surface area contributed by atoms with Gasteiger partial charge in [-0.1, -0.05) is 6.58 Å². The molecular weight excluding hydrogens is 586 g/mol. The first kappa shape index (κ1) is 26.0. The molecular formula is C29H26IO5P. The van der Waals surface area contributed by atoms with Crippen molar-refractivity contribution in [3.05, 3.63) is 102 Å². The van der Waals surface area contributed by atoms with Crippen LogP contribution in [0.2, 0.25) is 0 Å². The number of ether oxygens (including phenoxy) is 2. The Hall–Kier alpha value is -3.09. The average Bonchev–Trinajstić information content (AvgIpc) is 2.88. The van der Waals surface area contributed by atoms with Gasteiger partial charge in [-0.2, -0.15) is 0 Å². The van der Waals surface area contributed by atoms with Crippen molar-refractivity contribution in [3.63, 3.8) is 0 Å². The van der Waals surface area contributed by atoms with Crippen molar-refractivity contribution in [2.45, 2.75) is 26.9 Å². The maximum absolute atomic E-state index is 13.5. The minimum absolute atomic E-state index is 0.0411. The van der Waals surface area contributed by atoms with Crippen molar-refractivity contribution in [2.24, 2.45) is 0 Å². The number of allylic oxidation sites excluding steroid dienone is 4. The number of Topliss-reactive ketones (excluding diaryl/α,β-unsaturated/α-hetero) is 1. The Morgan fingerprint density at radius 1 is 1.00 bits per heavy atom. The molecule has 4 rings (SSSR count). The third-order valence-corrected chi connectivity index (χ3v) is 14.2. The summed E-state index contributed by atoms with van der Waals surface area (Å²) < 4.78 is 11.1. The molecule has 2 aromatic rings. The van der Waals surface area contributed by atoms with Crippen molar-refractivity contribution in [3.8, 4) is 11.1 Å². The molecule has 7 heteroatoms.